The van der Waals surface area contributed by atoms with Gasteiger partial charge in [0.25, 0.3) is 0 Å². The van der Waals surface area contributed by atoms with Crippen molar-refractivity contribution >= 4 is 9.28 Å². The molecule has 1 aliphatic rings. The number of morpholine rings is 1. The van der Waals surface area contributed by atoms with Crippen molar-refractivity contribution in [3.05, 3.63) is 0 Å². The average Bonchev–Trinajstić information content (AvgIpc) is 2.03. The van der Waals surface area contributed by atoms with Crippen molar-refractivity contribution in [2.24, 2.45) is 0 Å². The largest absolute Gasteiger partial charge is 0.413 e. The molecule has 1 rings (SSSR count). The van der Waals surface area contributed by atoms with Crippen LogP contribution in [0.3, 0.4) is 0 Å². The first-order valence-electron chi connectivity index (χ1n) is 3.97. The molecule has 3 N–H and O–H groups in total. The predicted molar refractivity (Wildman–Crippen MR) is 43.6 cm³/mol. The normalized spacial score (nSPS) is 25.9. The van der Waals surface area contributed by atoms with Gasteiger partial charge in [0.1, 0.15) is 0 Å². The molecule has 0 saturated carbocycles. The third-order valence-electron chi connectivity index (χ3n) is 1.75. The van der Waals surface area contributed by atoms with Gasteiger partial charge in [0.15, 0.2) is 0 Å². The van der Waals surface area contributed by atoms with E-state index in [0.717, 1.165) is 26.1 Å². The lowest BCUT2D eigenvalue weighted by Crippen LogP contribution is -2.38. The van der Waals surface area contributed by atoms with Gasteiger partial charge in [0, 0.05) is 13.1 Å². The van der Waals surface area contributed by atoms with Crippen molar-refractivity contribution in [3.8, 4) is 0 Å². The molecule has 1 aliphatic heterocycles. The third-order valence-corrected chi connectivity index (χ3v) is 2.60. The average molecular weight is 177 g/mol. The van der Waals surface area contributed by atoms with E-state index in [1.54, 1.807) is 0 Å². The monoisotopic (exact) mass is 177 g/mol. The molecule has 0 aliphatic carbocycles. The Morgan fingerprint density at radius 2 is 2.36 bits per heavy atom. The standard InChI is InChI=1S/C6H15NO3Si/c8-11(9)4-1-6-5-7-2-3-10-6/h6-9,11H,1-5H2. The second-order valence-electron chi connectivity index (χ2n) is 2.75. The zero-order valence-electron chi connectivity index (χ0n) is 6.49. The summed E-state index contributed by atoms with van der Waals surface area (Å²) >= 11 is 0. The second kappa shape index (κ2) is 4.84. The zero-order valence-corrected chi connectivity index (χ0v) is 7.65. The van der Waals surface area contributed by atoms with Gasteiger partial charge in [0.05, 0.1) is 12.7 Å². The van der Waals surface area contributed by atoms with E-state index in [4.69, 9.17) is 14.3 Å². The van der Waals surface area contributed by atoms with Gasteiger partial charge >= 0.3 is 9.28 Å². The van der Waals surface area contributed by atoms with Crippen molar-refractivity contribution in [3.63, 3.8) is 0 Å². The van der Waals surface area contributed by atoms with Crippen LogP contribution in [0.25, 0.3) is 0 Å². The topological polar surface area (TPSA) is 61.7 Å². The highest BCUT2D eigenvalue weighted by Gasteiger charge is 2.14. The lowest BCUT2D eigenvalue weighted by atomic mass is 10.2. The molecule has 0 bridgehead atoms. The van der Waals surface area contributed by atoms with E-state index in [1.165, 1.54) is 0 Å². The summed E-state index contributed by atoms with van der Waals surface area (Å²) in [6, 6.07) is 0.534. The Morgan fingerprint density at radius 1 is 1.55 bits per heavy atom. The summed E-state index contributed by atoms with van der Waals surface area (Å²) in [5, 5.41) is 3.19. The molecule has 5 heteroatoms. The van der Waals surface area contributed by atoms with Gasteiger partial charge in [0.2, 0.25) is 0 Å². The van der Waals surface area contributed by atoms with Gasteiger partial charge in [-0.15, -0.1) is 0 Å². The van der Waals surface area contributed by atoms with Crippen LogP contribution in [0.1, 0.15) is 6.42 Å². The summed E-state index contributed by atoms with van der Waals surface area (Å²) in [5.74, 6) is 0. The first kappa shape index (κ1) is 9.15. The van der Waals surface area contributed by atoms with Crippen LogP contribution in [0.5, 0.6) is 0 Å². The van der Waals surface area contributed by atoms with E-state index in [2.05, 4.69) is 5.32 Å². The fraction of sp³-hybridized carbons (Fsp3) is 1.00. The molecule has 1 heterocycles. The summed E-state index contributed by atoms with van der Waals surface area (Å²) in [6.45, 7) is 2.50. The molecule has 1 unspecified atom stereocenters. The van der Waals surface area contributed by atoms with E-state index in [1.807, 2.05) is 0 Å². The van der Waals surface area contributed by atoms with Crippen LogP contribution in [-0.4, -0.2) is 44.7 Å². The first-order valence-corrected chi connectivity index (χ1v) is 5.82. The minimum atomic E-state index is -2.35. The molecule has 1 atom stereocenters. The highest BCUT2D eigenvalue weighted by atomic mass is 28.3. The minimum Gasteiger partial charge on any atom is -0.413 e. The van der Waals surface area contributed by atoms with Crippen molar-refractivity contribution in [1.82, 2.24) is 5.32 Å². The van der Waals surface area contributed by atoms with Gasteiger partial charge in [-0.2, -0.15) is 0 Å². The number of rotatable bonds is 3. The molecular weight excluding hydrogens is 162 g/mol. The summed E-state index contributed by atoms with van der Waals surface area (Å²) in [6.07, 6.45) is 0.967. The van der Waals surface area contributed by atoms with Crippen LogP contribution in [0.4, 0.5) is 0 Å². The summed E-state index contributed by atoms with van der Waals surface area (Å²) in [4.78, 5) is 17.4. The van der Waals surface area contributed by atoms with E-state index < -0.39 is 9.28 Å². The number of hydrogen-bond donors (Lipinski definition) is 3. The van der Waals surface area contributed by atoms with E-state index in [-0.39, 0.29) is 6.10 Å². The maximum Gasteiger partial charge on any atom is 0.316 e. The molecule has 11 heavy (non-hydrogen) atoms. The van der Waals surface area contributed by atoms with Crippen LogP contribution >= 0.6 is 0 Å². The smallest absolute Gasteiger partial charge is 0.316 e. The maximum atomic E-state index is 8.70. The summed E-state index contributed by atoms with van der Waals surface area (Å²) in [7, 11) is -2.35. The Balaban J connectivity index is 2.05. The molecule has 0 aromatic rings. The molecule has 0 spiro atoms. The fourth-order valence-corrected chi connectivity index (χ4v) is 1.81. The van der Waals surface area contributed by atoms with Crippen LogP contribution < -0.4 is 5.32 Å². The molecule has 0 aromatic heterocycles. The Hall–Kier alpha value is 0.0569. The van der Waals surface area contributed by atoms with Crippen LogP contribution in [0, 0.1) is 0 Å². The van der Waals surface area contributed by atoms with Crippen molar-refractivity contribution in [2.75, 3.05) is 19.7 Å². The Morgan fingerprint density at radius 3 is 2.91 bits per heavy atom. The second-order valence-corrected chi connectivity index (χ2v) is 4.29. The van der Waals surface area contributed by atoms with Gasteiger partial charge in [-0.05, 0) is 12.5 Å². The van der Waals surface area contributed by atoms with Gasteiger partial charge in [-0.3, -0.25) is 0 Å². The minimum absolute atomic E-state index is 0.193. The molecule has 4 nitrogen and oxygen atoms in total. The molecule has 1 saturated heterocycles. The summed E-state index contributed by atoms with van der Waals surface area (Å²) < 4.78 is 5.37. The molecule has 1 fully saturated rings. The van der Waals surface area contributed by atoms with Crippen molar-refractivity contribution < 1.29 is 14.3 Å². The fourth-order valence-electron chi connectivity index (χ4n) is 1.14. The van der Waals surface area contributed by atoms with Crippen molar-refractivity contribution in [1.29, 1.82) is 0 Å². The molecular formula is C6H15NO3Si. The van der Waals surface area contributed by atoms with E-state index >= 15 is 0 Å². The zero-order chi connectivity index (χ0) is 8.10. The van der Waals surface area contributed by atoms with Crippen LogP contribution in [0.15, 0.2) is 0 Å². The number of nitrogens with one attached hydrogen (secondary N) is 1. The number of ether oxygens (including phenoxy) is 1. The molecule has 0 radical (unpaired) electrons. The SMILES string of the molecule is O[SiH](O)CCC1CNCCO1. The third kappa shape index (κ3) is 3.83. The van der Waals surface area contributed by atoms with E-state index in [9.17, 15) is 0 Å². The van der Waals surface area contributed by atoms with Gasteiger partial charge in [-0.25, -0.2) is 0 Å². The molecule has 0 aromatic carbocycles. The molecule has 66 valence electrons. The number of hydrogen-bond acceptors (Lipinski definition) is 4. The summed E-state index contributed by atoms with van der Waals surface area (Å²) in [5.41, 5.74) is 0. The first-order chi connectivity index (χ1) is 5.29. The lowest BCUT2D eigenvalue weighted by molar-refractivity contribution is 0.0258. The van der Waals surface area contributed by atoms with Crippen LogP contribution in [-0.2, 0) is 4.74 Å². The maximum absolute atomic E-state index is 8.70. The van der Waals surface area contributed by atoms with Crippen molar-refractivity contribution in [2.45, 2.75) is 18.6 Å². The predicted octanol–water partition coefficient (Wildman–Crippen LogP) is -1.43. The van der Waals surface area contributed by atoms with Gasteiger partial charge in [-0.1, -0.05) is 0 Å². The Kier molecular flexibility index (Phi) is 4.02. The van der Waals surface area contributed by atoms with Gasteiger partial charge < -0.3 is 19.6 Å². The van der Waals surface area contributed by atoms with Crippen LogP contribution in [0.2, 0.25) is 6.04 Å². The quantitative estimate of drug-likeness (QED) is 0.463. The lowest BCUT2D eigenvalue weighted by Gasteiger charge is -2.23. The van der Waals surface area contributed by atoms with E-state index in [0.29, 0.717) is 6.04 Å². The highest BCUT2D eigenvalue weighted by Crippen LogP contribution is 2.05. The Labute approximate surface area is 68.0 Å². The highest BCUT2D eigenvalue weighted by molar-refractivity contribution is 6.40. The molecule has 0 amide bonds. The Bertz CT molecular complexity index is 106.